The lowest BCUT2D eigenvalue weighted by Gasteiger charge is -2.28. The van der Waals surface area contributed by atoms with Crippen molar-refractivity contribution in [3.05, 3.63) is 11.9 Å². The second-order valence-electron chi connectivity index (χ2n) is 3.19. The number of urea groups is 1. The summed E-state index contributed by atoms with van der Waals surface area (Å²) >= 11 is 0. The van der Waals surface area contributed by atoms with Gasteiger partial charge in [0.15, 0.2) is 0 Å². The summed E-state index contributed by atoms with van der Waals surface area (Å²) in [6.45, 7) is 1.06. The number of nitrogens with zero attached hydrogens (tertiary/aromatic N) is 2. The van der Waals surface area contributed by atoms with Crippen LogP contribution in [-0.4, -0.2) is 36.1 Å². The summed E-state index contributed by atoms with van der Waals surface area (Å²) in [5, 5.41) is 3.30. The van der Waals surface area contributed by atoms with E-state index in [9.17, 15) is 9.59 Å². The second kappa shape index (κ2) is 3.30. The third-order valence-corrected chi connectivity index (χ3v) is 2.23. The van der Waals surface area contributed by atoms with E-state index in [0.29, 0.717) is 13.2 Å². The third-order valence-electron chi connectivity index (χ3n) is 2.23. The summed E-state index contributed by atoms with van der Waals surface area (Å²) in [5.41, 5.74) is 5.57. The zero-order chi connectivity index (χ0) is 10.1. The topological polar surface area (TPSA) is 86.7 Å². The first-order valence-electron chi connectivity index (χ1n) is 4.32. The quantitative estimate of drug-likeness (QED) is 0.591. The summed E-state index contributed by atoms with van der Waals surface area (Å²) in [6.07, 6.45) is 1.88. The van der Waals surface area contributed by atoms with Crippen molar-refractivity contribution in [3.8, 4) is 0 Å². The SMILES string of the molecule is NC1=CC(=O)[N]C(=O)N1C1CCOC1. The molecule has 2 heterocycles. The van der Waals surface area contributed by atoms with E-state index in [0.717, 1.165) is 12.5 Å². The maximum absolute atomic E-state index is 11.4. The number of nitrogens with two attached hydrogens (primary N) is 1. The number of carbonyl (C=O) groups excluding carboxylic acids is 2. The lowest BCUT2D eigenvalue weighted by Crippen LogP contribution is -2.49. The fraction of sp³-hybridized carbons (Fsp3) is 0.500. The fourth-order valence-corrected chi connectivity index (χ4v) is 1.58. The number of amides is 3. The van der Waals surface area contributed by atoms with Gasteiger partial charge in [0, 0.05) is 12.7 Å². The Morgan fingerprint density at radius 3 is 2.93 bits per heavy atom. The maximum atomic E-state index is 11.4. The molecular weight excluding hydrogens is 186 g/mol. The second-order valence-corrected chi connectivity index (χ2v) is 3.19. The van der Waals surface area contributed by atoms with E-state index in [1.807, 2.05) is 0 Å². The van der Waals surface area contributed by atoms with Crippen LogP contribution in [0.1, 0.15) is 6.42 Å². The van der Waals surface area contributed by atoms with Crippen LogP contribution in [0, 0.1) is 0 Å². The van der Waals surface area contributed by atoms with Crippen molar-refractivity contribution in [2.24, 2.45) is 5.73 Å². The van der Waals surface area contributed by atoms with Crippen LogP contribution < -0.4 is 11.1 Å². The van der Waals surface area contributed by atoms with Crippen molar-refractivity contribution in [3.63, 3.8) is 0 Å². The van der Waals surface area contributed by atoms with E-state index < -0.39 is 11.9 Å². The first-order valence-corrected chi connectivity index (χ1v) is 4.32. The predicted octanol–water partition coefficient (Wildman–Crippen LogP) is -0.858. The van der Waals surface area contributed by atoms with Crippen LogP contribution in [0.4, 0.5) is 4.79 Å². The van der Waals surface area contributed by atoms with E-state index in [4.69, 9.17) is 10.5 Å². The van der Waals surface area contributed by atoms with Gasteiger partial charge in [-0.1, -0.05) is 0 Å². The number of hydrogen-bond acceptors (Lipinski definition) is 4. The molecule has 14 heavy (non-hydrogen) atoms. The van der Waals surface area contributed by atoms with Crippen LogP contribution in [0.2, 0.25) is 0 Å². The molecule has 3 amide bonds. The molecule has 0 aliphatic carbocycles. The molecule has 0 bridgehead atoms. The molecule has 2 N–H and O–H groups in total. The largest absolute Gasteiger partial charge is 0.385 e. The molecule has 1 unspecified atom stereocenters. The first-order chi connectivity index (χ1) is 6.68. The molecule has 0 saturated carbocycles. The molecule has 0 aromatic carbocycles. The first kappa shape index (κ1) is 9.01. The van der Waals surface area contributed by atoms with E-state index >= 15 is 0 Å². The van der Waals surface area contributed by atoms with Crippen molar-refractivity contribution < 1.29 is 14.3 Å². The molecule has 2 aliphatic rings. The summed E-state index contributed by atoms with van der Waals surface area (Å²) in [4.78, 5) is 23.5. The highest BCUT2D eigenvalue weighted by atomic mass is 16.5. The van der Waals surface area contributed by atoms with Gasteiger partial charge < -0.3 is 10.5 Å². The highest BCUT2D eigenvalue weighted by molar-refractivity contribution is 6.03. The van der Waals surface area contributed by atoms with Gasteiger partial charge in [0.1, 0.15) is 5.82 Å². The molecule has 0 aromatic heterocycles. The molecule has 1 saturated heterocycles. The Hall–Kier alpha value is -1.56. The number of ether oxygens (including phenoxy) is 1. The van der Waals surface area contributed by atoms with Gasteiger partial charge in [-0.15, -0.1) is 0 Å². The van der Waals surface area contributed by atoms with Gasteiger partial charge in [0.05, 0.1) is 12.6 Å². The van der Waals surface area contributed by atoms with Gasteiger partial charge in [-0.2, -0.15) is 5.32 Å². The zero-order valence-corrected chi connectivity index (χ0v) is 7.47. The van der Waals surface area contributed by atoms with Crippen LogP contribution in [0.25, 0.3) is 0 Å². The Labute approximate surface area is 80.7 Å². The van der Waals surface area contributed by atoms with Crippen LogP contribution in [-0.2, 0) is 9.53 Å². The molecule has 0 aromatic rings. The standard InChI is InChI=1S/C8H10N3O3/c9-6-3-7(12)10-8(13)11(6)5-1-2-14-4-5/h3,5H,1-2,4,9H2. The van der Waals surface area contributed by atoms with Crippen molar-refractivity contribution in [1.82, 2.24) is 10.2 Å². The normalized spacial score (nSPS) is 27.6. The third kappa shape index (κ3) is 1.44. The molecule has 1 fully saturated rings. The van der Waals surface area contributed by atoms with Gasteiger partial charge in [0.2, 0.25) is 0 Å². The summed E-state index contributed by atoms with van der Waals surface area (Å²) in [7, 11) is 0. The highest BCUT2D eigenvalue weighted by Crippen LogP contribution is 2.17. The zero-order valence-electron chi connectivity index (χ0n) is 7.47. The molecule has 1 atom stereocenters. The molecule has 1 radical (unpaired) electrons. The molecule has 75 valence electrons. The lowest BCUT2D eigenvalue weighted by molar-refractivity contribution is -0.116. The minimum absolute atomic E-state index is 0.0874. The van der Waals surface area contributed by atoms with Crippen LogP contribution >= 0.6 is 0 Å². The minimum atomic E-state index is -0.595. The van der Waals surface area contributed by atoms with Crippen molar-refractivity contribution >= 4 is 11.9 Å². The van der Waals surface area contributed by atoms with Crippen molar-refractivity contribution in [1.29, 1.82) is 0 Å². The van der Waals surface area contributed by atoms with Gasteiger partial charge in [-0.25, -0.2) is 4.79 Å². The number of rotatable bonds is 1. The van der Waals surface area contributed by atoms with Gasteiger partial charge in [-0.3, -0.25) is 9.69 Å². The van der Waals surface area contributed by atoms with Crippen molar-refractivity contribution in [2.45, 2.75) is 12.5 Å². The Balaban J connectivity index is 2.20. The highest BCUT2D eigenvalue weighted by Gasteiger charge is 2.33. The van der Waals surface area contributed by atoms with Crippen LogP contribution in [0.5, 0.6) is 0 Å². The average Bonchev–Trinajstić information content (AvgIpc) is 2.54. The molecule has 0 spiro atoms. The van der Waals surface area contributed by atoms with E-state index in [1.165, 1.54) is 4.90 Å². The number of imide groups is 1. The monoisotopic (exact) mass is 196 g/mol. The Kier molecular flexibility index (Phi) is 2.12. The van der Waals surface area contributed by atoms with E-state index in [1.54, 1.807) is 0 Å². The smallest absolute Gasteiger partial charge is 0.352 e. The van der Waals surface area contributed by atoms with Gasteiger partial charge >= 0.3 is 6.03 Å². The molecular formula is C8H10N3O3. The summed E-state index contributed by atoms with van der Waals surface area (Å²) < 4.78 is 5.13. The summed E-state index contributed by atoms with van der Waals surface area (Å²) in [5.74, 6) is -0.437. The number of carbonyl (C=O) groups is 2. The Morgan fingerprint density at radius 1 is 1.57 bits per heavy atom. The fourth-order valence-electron chi connectivity index (χ4n) is 1.58. The van der Waals surface area contributed by atoms with E-state index in [2.05, 4.69) is 5.32 Å². The van der Waals surface area contributed by atoms with Crippen LogP contribution in [0.3, 0.4) is 0 Å². The maximum Gasteiger partial charge on any atom is 0.352 e. The van der Waals surface area contributed by atoms with Gasteiger partial charge in [0.25, 0.3) is 5.91 Å². The molecule has 2 aliphatic heterocycles. The Bertz CT molecular complexity index is 307. The van der Waals surface area contributed by atoms with Crippen molar-refractivity contribution in [2.75, 3.05) is 13.2 Å². The van der Waals surface area contributed by atoms with Crippen LogP contribution in [0.15, 0.2) is 11.9 Å². The molecule has 6 heteroatoms. The lowest BCUT2D eigenvalue weighted by atomic mass is 10.2. The van der Waals surface area contributed by atoms with E-state index in [-0.39, 0.29) is 11.9 Å². The average molecular weight is 196 g/mol. The molecule has 6 nitrogen and oxygen atoms in total. The van der Waals surface area contributed by atoms with Gasteiger partial charge in [-0.05, 0) is 6.42 Å². The molecule has 2 rings (SSSR count). The predicted molar refractivity (Wildman–Crippen MR) is 45.9 cm³/mol. The number of hydrogen-bond donors (Lipinski definition) is 1. The Morgan fingerprint density at radius 2 is 2.36 bits per heavy atom. The minimum Gasteiger partial charge on any atom is -0.385 e. The summed E-state index contributed by atoms with van der Waals surface area (Å²) in [6, 6.07) is -0.680.